The summed E-state index contributed by atoms with van der Waals surface area (Å²) in [5.74, 6) is 0. The van der Waals surface area contributed by atoms with Crippen molar-refractivity contribution in [3.05, 3.63) is 35.9 Å². The molecule has 0 fully saturated rings. The predicted molar refractivity (Wildman–Crippen MR) is 72.4 cm³/mol. The Labute approximate surface area is 109 Å². The minimum Gasteiger partial charge on any atom is -0.396 e. The van der Waals surface area contributed by atoms with Crippen LogP contribution in [0.3, 0.4) is 0 Å². The van der Waals surface area contributed by atoms with Gasteiger partial charge in [0, 0.05) is 18.6 Å². The molecule has 0 amide bonds. The Hall–Kier alpha value is -0.900. The zero-order chi connectivity index (χ0) is 13.4. The molecule has 0 aliphatic carbocycles. The van der Waals surface area contributed by atoms with Crippen LogP contribution >= 0.6 is 0 Å². The molecule has 0 saturated carbocycles. The van der Waals surface area contributed by atoms with E-state index in [4.69, 9.17) is 10.2 Å². The van der Waals surface area contributed by atoms with E-state index in [-0.39, 0.29) is 18.6 Å². The van der Waals surface area contributed by atoms with E-state index in [0.29, 0.717) is 12.8 Å². The topological polar surface area (TPSA) is 60.7 Å². The van der Waals surface area contributed by atoms with E-state index in [1.165, 1.54) is 0 Å². The fourth-order valence-corrected chi connectivity index (χ4v) is 2.63. The van der Waals surface area contributed by atoms with E-state index < -0.39 is 6.10 Å². The van der Waals surface area contributed by atoms with Crippen LogP contribution < -0.4 is 0 Å². The number of benzene rings is 1. The molecule has 0 saturated heterocycles. The van der Waals surface area contributed by atoms with Crippen molar-refractivity contribution in [3.63, 3.8) is 0 Å². The van der Waals surface area contributed by atoms with Crippen LogP contribution in [-0.2, 0) is 5.41 Å². The van der Waals surface area contributed by atoms with Crippen LogP contribution in [0.4, 0.5) is 0 Å². The molecule has 3 nitrogen and oxygen atoms in total. The molecule has 0 aromatic heterocycles. The maximum Gasteiger partial charge on any atom is 0.0608 e. The van der Waals surface area contributed by atoms with E-state index in [9.17, 15) is 5.11 Å². The van der Waals surface area contributed by atoms with Crippen LogP contribution in [-0.4, -0.2) is 34.6 Å². The molecule has 102 valence electrons. The van der Waals surface area contributed by atoms with E-state index in [1.807, 2.05) is 30.3 Å². The van der Waals surface area contributed by atoms with Crippen molar-refractivity contribution in [1.29, 1.82) is 0 Å². The largest absolute Gasteiger partial charge is 0.396 e. The summed E-state index contributed by atoms with van der Waals surface area (Å²) >= 11 is 0. The van der Waals surface area contributed by atoms with Crippen molar-refractivity contribution >= 4 is 0 Å². The Bertz CT molecular complexity index is 314. The molecule has 1 rings (SSSR count). The lowest BCUT2D eigenvalue weighted by Gasteiger charge is -2.37. The molecule has 3 N–H and O–H groups in total. The second kappa shape index (κ2) is 7.52. The first kappa shape index (κ1) is 15.2. The molecule has 0 bridgehead atoms. The van der Waals surface area contributed by atoms with Gasteiger partial charge in [0.25, 0.3) is 0 Å². The summed E-state index contributed by atoms with van der Waals surface area (Å²) in [6.45, 7) is 2.04. The Morgan fingerprint density at radius 2 is 1.50 bits per heavy atom. The molecular weight excluding hydrogens is 228 g/mol. The molecule has 1 unspecified atom stereocenters. The number of rotatable bonds is 8. The number of hydrogen-bond donors (Lipinski definition) is 3. The van der Waals surface area contributed by atoms with Crippen LogP contribution in [0.5, 0.6) is 0 Å². The minimum absolute atomic E-state index is 0.125. The van der Waals surface area contributed by atoms with Crippen molar-refractivity contribution in [1.82, 2.24) is 0 Å². The summed E-state index contributed by atoms with van der Waals surface area (Å²) in [6, 6.07) is 9.91. The average Bonchev–Trinajstić information content (AvgIpc) is 2.40. The summed E-state index contributed by atoms with van der Waals surface area (Å²) in [4.78, 5) is 0. The van der Waals surface area contributed by atoms with Gasteiger partial charge >= 0.3 is 0 Å². The first-order chi connectivity index (χ1) is 8.67. The molecule has 1 aromatic rings. The molecule has 18 heavy (non-hydrogen) atoms. The minimum atomic E-state index is -0.502. The quantitative estimate of drug-likeness (QED) is 0.661. The second-order valence-electron chi connectivity index (χ2n) is 4.85. The Morgan fingerprint density at radius 3 is 1.89 bits per heavy atom. The van der Waals surface area contributed by atoms with Crippen molar-refractivity contribution in [3.8, 4) is 0 Å². The van der Waals surface area contributed by atoms with Gasteiger partial charge in [-0.1, -0.05) is 30.3 Å². The van der Waals surface area contributed by atoms with Gasteiger partial charge in [-0.15, -0.1) is 0 Å². The molecule has 0 aliphatic heterocycles. The first-order valence-electron chi connectivity index (χ1n) is 6.62. The average molecular weight is 252 g/mol. The van der Waals surface area contributed by atoms with E-state index >= 15 is 0 Å². The standard InChI is InChI=1S/C15H24O3/c1-13(18)15(9-5-11-16,10-6-12-17)14-7-3-2-4-8-14/h2-4,7-8,13,16-18H,5-6,9-12H2,1H3. The zero-order valence-corrected chi connectivity index (χ0v) is 11.0. The zero-order valence-electron chi connectivity index (χ0n) is 11.0. The van der Waals surface area contributed by atoms with Crippen molar-refractivity contribution in [2.24, 2.45) is 0 Å². The second-order valence-corrected chi connectivity index (χ2v) is 4.85. The van der Waals surface area contributed by atoms with Gasteiger partial charge < -0.3 is 15.3 Å². The lowest BCUT2D eigenvalue weighted by molar-refractivity contribution is 0.0720. The summed E-state index contributed by atoms with van der Waals surface area (Å²) < 4.78 is 0. The van der Waals surface area contributed by atoms with Crippen LogP contribution in [0.2, 0.25) is 0 Å². The van der Waals surface area contributed by atoms with Gasteiger partial charge in [-0.05, 0) is 38.2 Å². The Kier molecular flexibility index (Phi) is 6.33. The molecule has 0 radical (unpaired) electrons. The molecule has 1 aromatic carbocycles. The highest BCUT2D eigenvalue weighted by Gasteiger charge is 2.35. The van der Waals surface area contributed by atoms with Gasteiger partial charge in [-0.2, -0.15) is 0 Å². The maximum absolute atomic E-state index is 10.2. The number of hydrogen-bond acceptors (Lipinski definition) is 3. The first-order valence-corrected chi connectivity index (χ1v) is 6.62. The molecule has 0 heterocycles. The van der Waals surface area contributed by atoms with Gasteiger partial charge in [-0.25, -0.2) is 0 Å². The molecule has 3 heteroatoms. The lowest BCUT2D eigenvalue weighted by Crippen LogP contribution is -2.38. The van der Waals surface area contributed by atoms with Gasteiger partial charge in [0.15, 0.2) is 0 Å². The maximum atomic E-state index is 10.2. The summed E-state index contributed by atoms with van der Waals surface area (Å²) in [6.07, 6.45) is 2.27. The highest BCUT2D eigenvalue weighted by atomic mass is 16.3. The number of aliphatic hydroxyl groups is 3. The summed E-state index contributed by atoms with van der Waals surface area (Å²) in [5, 5.41) is 28.3. The third-order valence-electron chi connectivity index (χ3n) is 3.71. The van der Waals surface area contributed by atoms with Crippen molar-refractivity contribution in [2.75, 3.05) is 13.2 Å². The van der Waals surface area contributed by atoms with E-state index in [0.717, 1.165) is 18.4 Å². The van der Waals surface area contributed by atoms with Gasteiger partial charge in [-0.3, -0.25) is 0 Å². The summed E-state index contributed by atoms with van der Waals surface area (Å²) in [7, 11) is 0. The third kappa shape index (κ3) is 3.55. The van der Waals surface area contributed by atoms with E-state index in [1.54, 1.807) is 6.92 Å². The van der Waals surface area contributed by atoms with Gasteiger partial charge in [0.1, 0.15) is 0 Å². The van der Waals surface area contributed by atoms with E-state index in [2.05, 4.69) is 0 Å². The Morgan fingerprint density at radius 1 is 1.00 bits per heavy atom. The highest BCUT2D eigenvalue weighted by molar-refractivity contribution is 5.27. The van der Waals surface area contributed by atoms with Gasteiger partial charge in [0.2, 0.25) is 0 Å². The predicted octanol–water partition coefficient (Wildman–Crippen LogP) is 1.85. The third-order valence-corrected chi connectivity index (χ3v) is 3.71. The molecule has 1 atom stereocenters. The lowest BCUT2D eigenvalue weighted by atomic mass is 9.69. The van der Waals surface area contributed by atoms with Gasteiger partial charge in [0.05, 0.1) is 6.10 Å². The van der Waals surface area contributed by atoms with Crippen molar-refractivity contribution in [2.45, 2.75) is 44.1 Å². The smallest absolute Gasteiger partial charge is 0.0608 e. The van der Waals surface area contributed by atoms with Crippen LogP contribution in [0.25, 0.3) is 0 Å². The van der Waals surface area contributed by atoms with Crippen LogP contribution in [0, 0.1) is 0 Å². The fourth-order valence-electron chi connectivity index (χ4n) is 2.63. The monoisotopic (exact) mass is 252 g/mol. The summed E-state index contributed by atoms with van der Waals surface area (Å²) in [5.41, 5.74) is 0.717. The molecule has 0 aliphatic rings. The number of aliphatic hydroxyl groups excluding tert-OH is 3. The highest BCUT2D eigenvalue weighted by Crippen LogP contribution is 2.37. The normalized spacial score (nSPS) is 13.6. The van der Waals surface area contributed by atoms with Crippen LogP contribution in [0.1, 0.15) is 38.2 Å². The van der Waals surface area contributed by atoms with Crippen molar-refractivity contribution < 1.29 is 15.3 Å². The Balaban J connectivity index is 3.03. The van der Waals surface area contributed by atoms with Crippen LogP contribution in [0.15, 0.2) is 30.3 Å². The SMILES string of the molecule is CC(O)C(CCCO)(CCCO)c1ccccc1. The molecule has 0 spiro atoms. The molecular formula is C15H24O3. The fraction of sp³-hybridized carbons (Fsp3) is 0.600.